The van der Waals surface area contributed by atoms with Crippen molar-refractivity contribution in [2.24, 2.45) is 40.4 Å². The molecule has 10 aliphatic rings. The molecule has 2 aromatic carbocycles. The number of para-hydroxylation sites is 2. The summed E-state index contributed by atoms with van der Waals surface area (Å²) in [7, 11) is -1.19. The monoisotopic (exact) mass is 1060 g/mol. The number of morpholine rings is 1. The molecule has 4 aliphatic heterocycles. The average Bonchev–Trinajstić information content (AvgIpc) is 4.24. The molecule has 6 saturated carbocycles. The van der Waals surface area contributed by atoms with E-state index in [1.165, 1.54) is 6.42 Å². The minimum atomic E-state index is -0.646. The Labute approximate surface area is 453 Å². The number of furan rings is 2. The Morgan fingerprint density at radius 3 is 1.69 bits per heavy atom. The first-order valence-corrected chi connectivity index (χ1v) is 28.3. The summed E-state index contributed by atoms with van der Waals surface area (Å²) in [6.07, 6.45) is 9.30. The molecule has 17 nitrogen and oxygen atoms in total. The molecular formula is C58H79B2N3O14. The molecule has 19 heteroatoms. The number of rotatable bonds is 12. The number of nitrogens with one attached hydrogen (secondary N) is 2. The number of fused-ring (bicyclic) bond motifs is 2. The fraction of sp³-hybridized carbons (Fsp3) is 0.672. The maximum absolute atomic E-state index is 13.3. The summed E-state index contributed by atoms with van der Waals surface area (Å²) in [6.45, 7) is 22.0. The van der Waals surface area contributed by atoms with E-state index in [1.54, 1.807) is 17.4 Å². The maximum atomic E-state index is 13.3. The lowest BCUT2D eigenvalue weighted by atomic mass is 9.43. The van der Waals surface area contributed by atoms with Gasteiger partial charge in [-0.3, -0.25) is 4.90 Å². The van der Waals surface area contributed by atoms with Gasteiger partial charge in [-0.15, -0.1) is 0 Å². The molecule has 0 spiro atoms. The number of carbonyl (C=O) groups excluding carboxylic acids is 3. The lowest BCUT2D eigenvalue weighted by molar-refractivity contribution is -0.199. The largest absolute Gasteiger partial charge is 0.482 e. The molecule has 4 aromatic rings. The number of hydrogen-bond acceptors (Lipinski definition) is 14. The zero-order chi connectivity index (χ0) is 54.1. The zero-order valence-electron chi connectivity index (χ0n) is 46.5. The first-order chi connectivity index (χ1) is 36.7. The first kappa shape index (κ1) is 54.2. The number of alkyl carbamates (subject to hydrolysis) is 2. The van der Waals surface area contributed by atoms with Crippen LogP contribution < -0.4 is 10.6 Å². The smallest absolute Gasteiger partial charge is 0.464 e. The highest BCUT2D eigenvalue weighted by Gasteiger charge is 2.70. The van der Waals surface area contributed by atoms with Gasteiger partial charge in [0.1, 0.15) is 23.4 Å². The Bertz CT molecular complexity index is 2770. The SMILES string of the molecule is CC(C)(C)OC(=O)N1CCOC[C@@H]1COC(=O)N[C@@H](Cc1coc2ccccc12)B1O[C@@H]2C[C@@H]3C[C@@H](C3(C)C)[C@]2(C)O1.CC1(C)[C@@H]2C[C@H]3OB([C@H](Cc4coc5ccccc45)NC(=O)OC[C@@H]4CCCOC4)O[C@@]3(C)[C@H]1C2. The minimum absolute atomic E-state index is 0.0255. The van der Waals surface area contributed by atoms with Crippen LogP contribution in [-0.2, 0) is 55.1 Å². The van der Waals surface area contributed by atoms with E-state index in [1.807, 2.05) is 69.3 Å². The summed E-state index contributed by atoms with van der Waals surface area (Å²) in [5.74, 6) is 1.46. The highest BCUT2D eigenvalue weighted by molar-refractivity contribution is 6.48. The molecule has 12 atom stereocenters. The van der Waals surface area contributed by atoms with Crippen LogP contribution in [0.3, 0.4) is 0 Å². The van der Waals surface area contributed by atoms with E-state index in [2.05, 4.69) is 52.2 Å². The number of carbonyl (C=O) groups is 3. The van der Waals surface area contributed by atoms with Crippen molar-refractivity contribution < 1.29 is 65.5 Å². The molecule has 6 aliphatic carbocycles. The highest BCUT2D eigenvalue weighted by atomic mass is 16.7. The topological polar surface area (TPSA) is 188 Å². The van der Waals surface area contributed by atoms with Gasteiger partial charge in [-0.2, -0.15) is 0 Å². The molecule has 14 rings (SSSR count). The van der Waals surface area contributed by atoms with Crippen molar-refractivity contribution in [3.05, 3.63) is 72.2 Å². The van der Waals surface area contributed by atoms with Crippen LogP contribution in [0.25, 0.3) is 21.9 Å². The normalized spacial score (nSPS) is 32.4. The van der Waals surface area contributed by atoms with Crippen molar-refractivity contribution >= 4 is 54.5 Å². The summed E-state index contributed by atoms with van der Waals surface area (Å²) in [5.41, 5.74) is 2.65. The van der Waals surface area contributed by atoms with Crippen molar-refractivity contribution in [1.29, 1.82) is 0 Å². The Kier molecular flexibility index (Phi) is 14.8. The van der Waals surface area contributed by atoms with Crippen LogP contribution in [0.15, 0.2) is 69.9 Å². The summed E-state index contributed by atoms with van der Waals surface area (Å²) in [5, 5.41) is 8.14. The van der Waals surface area contributed by atoms with E-state index in [0.717, 1.165) is 71.8 Å². The maximum Gasteiger partial charge on any atom is 0.482 e. The number of nitrogens with zero attached hydrogens (tertiary/aromatic N) is 1. The van der Waals surface area contributed by atoms with Gasteiger partial charge in [0.25, 0.3) is 0 Å². The Balaban J connectivity index is 0.000000166. The zero-order valence-corrected chi connectivity index (χ0v) is 46.5. The van der Waals surface area contributed by atoms with Crippen LogP contribution in [-0.4, -0.2) is 131 Å². The summed E-state index contributed by atoms with van der Waals surface area (Å²) in [6, 6.07) is 15.3. The van der Waals surface area contributed by atoms with Gasteiger partial charge < -0.3 is 61.8 Å². The quantitative estimate of drug-likeness (QED) is 0.101. The van der Waals surface area contributed by atoms with Gasteiger partial charge in [0.05, 0.1) is 80.3 Å². The average molecular weight is 1060 g/mol. The minimum Gasteiger partial charge on any atom is -0.464 e. The van der Waals surface area contributed by atoms with Crippen LogP contribution in [0.2, 0.25) is 0 Å². The van der Waals surface area contributed by atoms with Gasteiger partial charge in [-0.25, -0.2) is 14.4 Å². The molecule has 6 heterocycles. The van der Waals surface area contributed by atoms with Gasteiger partial charge in [0.15, 0.2) is 0 Å². The number of amides is 3. The van der Waals surface area contributed by atoms with Gasteiger partial charge in [-0.1, -0.05) is 64.1 Å². The van der Waals surface area contributed by atoms with Crippen molar-refractivity contribution in [3.63, 3.8) is 0 Å². The standard InChI is InChI=1S/C31H43BN2O8.C27H36BNO6/c1-29(2,3)40-28(36)34-11-12-37-17-21(34)18-39-27(35)33-26(13-19-16-38-23-10-8-7-9-22(19)23)32-41-25-15-20-14-24(30(20,4)5)31(25,6)42-32;1-26(2)19-12-22(26)27(3)23(13-19)34-28(35-27)24(11-18-16-32-21-9-5-4-8-20(18)21)29-25(30)33-15-17-7-6-10-31-14-17/h7-10,16,20-21,24-26H,11-15,17-18H2,1-6H3,(H,33,35);4-5,8-9,16-17,19,22-24H,6-7,10-15H2,1-3H3,(H,29,30)/t20-,21+,24-,25+,26-,31-;17-,19+,22+,23-,24+,27+/m01/s1. The van der Waals surface area contributed by atoms with E-state index >= 15 is 0 Å². The molecule has 77 heavy (non-hydrogen) atoms. The molecule has 0 unspecified atom stereocenters. The first-order valence-electron chi connectivity index (χ1n) is 28.3. The van der Waals surface area contributed by atoms with E-state index in [-0.39, 0.29) is 47.8 Å². The van der Waals surface area contributed by atoms with E-state index in [9.17, 15) is 14.4 Å². The van der Waals surface area contributed by atoms with Gasteiger partial charge in [-0.05, 0) is 144 Å². The fourth-order valence-electron chi connectivity index (χ4n) is 14.5. The summed E-state index contributed by atoms with van der Waals surface area (Å²) < 4.78 is 66.1. The molecular weight excluding hydrogens is 984 g/mol. The Hall–Kier alpha value is -4.78. The Morgan fingerprint density at radius 1 is 0.688 bits per heavy atom. The predicted molar refractivity (Wildman–Crippen MR) is 288 cm³/mol. The molecule has 2 aromatic heterocycles. The molecule has 2 N–H and O–H groups in total. The van der Waals surface area contributed by atoms with Crippen LogP contribution in [0.4, 0.5) is 14.4 Å². The number of ether oxygens (including phenoxy) is 5. The van der Waals surface area contributed by atoms with Crippen LogP contribution in [0, 0.1) is 40.4 Å². The van der Waals surface area contributed by atoms with Crippen LogP contribution in [0.1, 0.15) is 112 Å². The molecule has 416 valence electrons. The van der Waals surface area contributed by atoms with Crippen molar-refractivity contribution in [2.45, 2.75) is 161 Å². The fourth-order valence-corrected chi connectivity index (χ4v) is 14.5. The molecule has 4 saturated heterocycles. The molecule has 4 bridgehead atoms. The van der Waals surface area contributed by atoms with E-state index in [4.69, 9.17) is 51.1 Å². The van der Waals surface area contributed by atoms with E-state index < -0.39 is 61.6 Å². The second kappa shape index (κ2) is 21.0. The third-order valence-electron chi connectivity index (χ3n) is 19.2. The van der Waals surface area contributed by atoms with Crippen molar-refractivity contribution in [2.75, 3.05) is 46.2 Å². The molecule has 3 amide bonds. The van der Waals surface area contributed by atoms with Gasteiger partial charge >= 0.3 is 32.5 Å². The predicted octanol–water partition coefficient (Wildman–Crippen LogP) is 9.74. The lowest BCUT2D eigenvalue weighted by Crippen LogP contribution is -2.65. The third-order valence-corrected chi connectivity index (χ3v) is 19.2. The second-order valence-electron chi connectivity index (χ2n) is 25.8. The summed E-state index contributed by atoms with van der Waals surface area (Å²) >= 11 is 0. The van der Waals surface area contributed by atoms with E-state index in [0.29, 0.717) is 62.9 Å². The van der Waals surface area contributed by atoms with Crippen molar-refractivity contribution in [1.82, 2.24) is 15.5 Å². The number of benzene rings is 2. The number of hydrogen-bond donors (Lipinski definition) is 2. The Morgan fingerprint density at radius 2 is 1.19 bits per heavy atom. The van der Waals surface area contributed by atoms with Gasteiger partial charge in [0, 0.05) is 29.8 Å². The van der Waals surface area contributed by atoms with Gasteiger partial charge in [0.2, 0.25) is 0 Å². The lowest BCUT2D eigenvalue weighted by Gasteiger charge is -2.64. The second-order valence-corrected chi connectivity index (χ2v) is 25.8. The molecule has 10 fully saturated rings. The third kappa shape index (κ3) is 10.6. The highest BCUT2D eigenvalue weighted by Crippen LogP contribution is 2.67. The van der Waals surface area contributed by atoms with Crippen molar-refractivity contribution in [3.8, 4) is 0 Å². The van der Waals surface area contributed by atoms with Crippen LogP contribution in [0.5, 0.6) is 0 Å². The summed E-state index contributed by atoms with van der Waals surface area (Å²) in [4.78, 5) is 40.5. The van der Waals surface area contributed by atoms with Crippen LogP contribution >= 0.6 is 0 Å². The molecule has 0 radical (unpaired) electrons.